The van der Waals surface area contributed by atoms with Crippen LogP contribution in [0.5, 0.6) is 0 Å². The Morgan fingerprint density at radius 3 is 2.66 bits per heavy atom. The third kappa shape index (κ3) is 5.04. The van der Waals surface area contributed by atoms with Crippen LogP contribution in [0.25, 0.3) is 10.9 Å². The Hall–Kier alpha value is -3.11. The maximum absolute atomic E-state index is 4.40. The number of pyridine rings is 1. The van der Waals surface area contributed by atoms with Crippen LogP contribution >= 0.6 is 0 Å². The van der Waals surface area contributed by atoms with Gasteiger partial charge in [0, 0.05) is 41.2 Å². The smallest absolute Gasteiger partial charge is 0.0562 e. The Kier molecular flexibility index (Phi) is 6.22. The molecule has 0 amide bonds. The SMILES string of the molecule is CCNCc1cc(Nc2ccc(CCCc3c[nH]c4ccccc34)cc2)ccn1. The Balaban J connectivity index is 1.31. The van der Waals surface area contributed by atoms with Gasteiger partial charge in [0.05, 0.1) is 5.69 Å². The number of para-hydroxylation sites is 1. The van der Waals surface area contributed by atoms with Crippen LogP contribution in [0.3, 0.4) is 0 Å². The summed E-state index contributed by atoms with van der Waals surface area (Å²) in [6.45, 7) is 3.84. The fraction of sp³-hybridized carbons (Fsp3) is 0.240. The highest BCUT2D eigenvalue weighted by Gasteiger charge is 2.03. The Morgan fingerprint density at radius 2 is 1.79 bits per heavy atom. The molecule has 0 saturated heterocycles. The third-order valence-corrected chi connectivity index (χ3v) is 5.20. The highest BCUT2D eigenvalue weighted by Crippen LogP contribution is 2.21. The summed E-state index contributed by atoms with van der Waals surface area (Å²) in [6.07, 6.45) is 7.33. The number of aryl methyl sites for hydroxylation is 2. The maximum atomic E-state index is 4.40. The number of anilines is 2. The molecule has 0 spiro atoms. The number of aromatic amines is 1. The topological polar surface area (TPSA) is 52.7 Å². The molecule has 0 bridgehead atoms. The summed E-state index contributed by atoms with van der Waals surface area (Å²) in [5, 5.41) is 8.13. The molecule has 0 radical (unpaired) electrons. The number of H-pyrrole nitrogens is 1. The molecule has 2 heterocycles. The maximum Gasteiger partial charge on any atom is 0.0562 e. The molecule has 148 valence electrons. The van der Waals surface area contributed by atoms with Crippen LogP contribution < -0.4 is 10.6 Å². The fourth-order valence-corrected chi connectivity index (χ4v) is 3.65. The van der Waals surface area contributed by atoms with Crippen molar-refractivity contribution in [2.24, 2.45) is 0 Å². The summed E-state index contributed by atoms with van der Waals surface area (Å²) >= 11 is 0. The minimum atomic E-state index is 0.793. The second kappa shape index (κ2) is 9.39. The van der Waals surface area contributed by atoms with E-state index in [1.807, 2.05) is 12.3 Å². The first kappa shape index (κ1) is 19.2. The van der Waals surface area contributed by atoms with Crippen molar-refractivity contribution in [2.45, 2.75) is 32.7 Å². The van der Waals surface area contributed by atoms with Crippen molar-refractivity contribution in [3.8, 4) is 0 Å². The molecular formula is C25H28N4. The van der Waals surface area contributed by atoms with E-state index in [9.17, 15) is 0 Å². The van der Waals surface area contributed by atoms with Crippen molar-refractivity contribution in [1.82, 2.24) is 15.3 Å². The number of hydrogen-bond donors (Lipinski definition) is 3. The first-order valence-electron chi connectivity index (χ1n) is 10.4. The zero-order valence-electron chi connectivity index (χ0n) is 16.9. The van der Waals surface area contributed by atoms with Crippen molar-refractivity contribution in [1.29, 1.82) is 0 Å². The molecule has 4 nitrogen and oxygen atoms in total. The van der Waals surface area contributed by atoms with Gasteiger partial charge in [-0.25, -0.2) is 0 Å². The Bertz CT molecular complexity index is 1050. The van der Waals surface area contributed by atoms with E-state index in [4.69, 9.17) is 0 Å². The van der Waals surface area contributed by atoms with Gasteiger partial charge in [-0.15, -0.1) is 0 Å². The minimum Gasteiger partial charge on any atom is -0.361 e. The van der Waals surface area contributed by atoms with Crippen LogP contribution in [-0.2, 0) is 19.4 Å². The van der Waals surface area contributed by atoms with Gasteiger partial charge in [0.1, 0.15) is 0 Å². The Morgan fingerprint density at radius 1 is 0.931 bits per heavy atom. The number of nitrogens with one attached hydrogen (secondary N) is 3. The van der Waals surface area contributed by atoms with E-state index < -0.39 is 0 Å². The van der Waals surface area contributed by atoms with Gasteiger partial charge in [-0.3, -0.25) is 4.98 Å². The second-order valence-corrected chi connectivity index (χ2v) is 7.35. The highest BCUT2D eigenvalue weighted by atomic mass is 14.9. The van der Waals surface area contributed by atoms with Crippen LogP contribution in [0.2, 0.25) is 0 Å². The lowest BCUT2D eigenvalue weighted by Crippen LogP contribution is -2.12. The normalized spacial score (nSPS) is 11.1. The summed E-state index contributed by atoms with van der Waals surface area (Å²) in [7, 11) is 0. The average Bonchev–Trinajstić information content (AvgIpc) is 3.17. The predicted octanol–water partition coefficient (Wildman–Crippen LogP) is 5.59. The van der Waals surface area contributed by atoms with Gasteiger partial charge < -0.3 is 15.6 Å². The van der Waals surface area contributed by atoms with E-state index in [1.54, 1.807) is 0 Å². The number of aromatic nitrogens is 2. The van der Waals surface area contributed by atoms with Gasteiger partial charge in [-0.1, -0.05) is 37.3 Å². The molecule has 0 aliphatic carbocycles. The molecular weight excluding hydrogens is 356 g/mol. The van der Waals surface area contributed by atoms with Crippen molar-refractivity contribution in [3.63, 3.8) is 0 Å². The molecule has 4 heteroatoms. The summed E-state index contributed by atoms with van der Waals surface area (Å²) in [6, 6.07) is 21.4. The van der Waals surface area contributed by atoms with Crippen LogP contribution in [0.15, 0.2) is 73.1 Å². The molecule has 4 rings (SSSR count). The summed E-state index contributed by atoms with van der Waals surface area (Å²) < 4.78 is 0. The molecule has 0 saturated carbocycles. The zero-order chi connectivity index (χ0) is 19.9. The summed E-state index contributed by atoms with van der Waals surface area (Å²) in [5.41, 5.74) is 7.22. The number of rotatable bonds is 9. The minimum absolute atomic E-state index is 0.793. The highest BCUT2D eigenvalue weighted by molar-refractivity contribution is 5.83. The number of fused-ring (bicyclic) bond motifs is 1. The van der Waals surface area contributed by atoms with Gasteiger partial charge >= 0.3 is 0 Å². The van der Waals surface area contributed by atoms with Crippen LogP contribution in [0, 0.1) is 0 Å². The molecule has 0 aliphatic rings. The zero-order valence-corrected chi connectivity index (χ0v) is 16.9. The molecule has 29 heavy (non-hydrogen) atoms. The van der Waals surface area contributed by atoms with Crippen molar-refractivity contribution < 1.29 is 0 Å². The molecule has 2 aromatic carbocycles. The molecule has 0 aliphatic heterocycles. The van der Waals surface area contributed by atoms with Gasteiger partial charge in [0.2, 0.25) is 0 Å². The van der Waals surface area contributed by atoms with E-state index in [0.717, 1.165) is 49.4 Å². The third-order valence-electron chi connectivity index (χ3n) is 5.20. The van der Waals surface area contributed by atoms with Crippen LogP contribution in [-0.4, -0.2) is 16.5 Å². The van der Waals surface area contributed by atoms with E-state index in [0.29, 0.717) is 0 Å². The predicted molar refractivity (Wildman–Crippen MR) is 122 cm³/mol. The first-order valence-corrected chi connectivity index (χ1v) is 10.4. The Labute approximate surface area is 172 Å². The summed E-state index contributed by atoms with van der Waals surface area (Å²) in [4.78, 5) is 7.77. The van der Waals surface area contributed by atoms with Crippen molar-refractivity contribution in [2.75, 3.05) is 11.9 Å². The largest absolute Gasteiger partial charge is 0.361 e. The molecule has 3 N–H and O–H groups in total. The van der Waals surface area contributed by atoms with E-state index in [-0.39, 0.29) is 0 Å². The van der Waals surface area contributed by atoms with E-state index in [2.05, 4.69) is 88.3 Å². The number of hydrogen-bond acceptors (Lipinski definition) is 3. The standard InChI is InChI=1S/C25H28N4/c1-2-26-18-23-16-22(14-15-27-23)29-21-12-10-19(11-13-21)6-5-7-20-17-28-25-9-4-3-8-24(20)25/h3-4,8-17,26,28H,2,5-7,18H2,1H3,(H,27,29). The van der Waals surface area contributed by atoms with E-state index in [1.165, 1.54) is 22.0 Å². The lowest BCUT2D eigenvalue weighted by atomic mass is 10.0. The van der Waals surface area contributed by atoms with Gasteiger partial charge in [0.15, 0.2) is 0 Å². The number of benzene rings is 2. The van der Waals surface area contributed by atoms with Gasteiger partial charge in [-0.2, -0.15) is 0 Å². The lowest BCUT2D eigenvalue weighted by Gasteiger charge is -2.09. The second-order valence-electron chi connectivity index (χ2n) is 7.35. The molecule has 0 fully saturated rings. The van der Waals surface area contributed by atoms with Crippen molar-refractivity contribution in [3.05, 3.63) is 89.9 Å². The molecule has 4 aromatic rings. The number of nitrogens with zero attached hydrogens (tertiary/aromatic N) is 1. The van der Waals surface area contributed by atoms with Crippen LogP contribution in [0.4, 0.5) is 11.4 Å². The fourth-order valence-electron chi connectivity index (χ4n) is 3.65. The van der Waals surface area contributed by atoms with Gasteiger partial charge in [-0.05, 0) is 67.3 Å². The molecule has 2 aromatic heterocycles. The molecule has 0 unspecified atom stereocenters. The van der Waals surface area contributed by atoms with Gasteiger partial charge in [0.25, 0.3) is 0 Å². The monoisotopic (exact) mass is 384 g/mol. The average molecular weight is 385 g/mol. The first-order chi connectivity index (χ1) is 14.3. The van der Waals surface area contributed by atoms with Crippen molar-refractivity contribution >= 4 is 22.3 Å². The van der Waals surface area contributed by atoms with E-state index >= 15 is 0 Å². The lowest BCUT2D eigenvalue weighted by molar-refractivity contribution is 0.711. The molecule has 0 atom stereocenters. The van der Waals surface area contributed by atoms with Crippen LogP contribution in [0.1, 0.15) is 30.2 Å². The quantitative estimate of drug-likeness (QED) is 0.352. The summed E-state index contributed by atoms with van der Waals surface area (Å²) in [5.74, 6) is 0.